The summed E-state index contributed by atoms with van der Waals surface area (Å²) in [5.74, 6) is -0.580. The van der Waals surface area contributed by atoms with Gasteiger partial charge in [0.15, 0.2) is 0 Å². The fourth-order valence-corrected chi connectivity index (χ4v) is 4.39. The molecule has 0 bridgehead atoms. The number of sulfonamides is 1. The summed E-state index contributed by atoms with van der Waals surface area (Å²) in [6.07, 6.45) is 0.999. The van der Waals surface area contributed by atoms with E-state index in [-0.39, 0.29) is 33.9 Å². The van der Waals surface area contributed by atoms with Crippen LogP contribution in [-0.4, -0.2) is 45.7 Å². The Morgan fingerprint density at radius 2 is 1.74 bits per heavy atom. The normalized spacial score (nSPS) is 12.2. The van der Waals surface area contributed by atoms with Gasteiger partial charge in [-0.05, 0) is 51.1 Å². The fraction of sp³-hybridized carbons (Fsp3) is 0.333. The quantitative estimate of drug-likeness (QED) is 0.619. The number of benzene rings is 2. The standard InChI is InChI=1S/C21H26ClN3O5S/c1-13(2)23-21(27)16-8-6-7-9-18(16)24-20(26)14(3)25(31(5,28)29)15-10-11-19(30-4)17(22)12-15/h6-14H,1-5H3,(H,23,27)(H,24,26)/t14-/m0/s1. The fourth-order valence-electron chi connectivity index (χ4n) is 2.97. The van der Waals surface area contributed by atoms with E-state index in [1.165, 1.54) is 32.2 Å². The van der Waals surface area contributed by atoms with Crippen LogP contribution in [0.3, 0.4) is 0 Å². The Morgan fingerprint density at radius 3 is 2.29 bits per heavy atom. The number of para-hydroxylation sites is 1. The topological polar surface area (TPSA) is 105 Å². The van der Waals surface area contributed by atoms with E-state index in [0.717, 1.165) is 10.6 Å². The minimum atomic E-state index is -3.84. The molecule has 168 valence electrons. The van der Waals surface area contributed by atoms with Gasteiger partial charge in [0.05, 0.1) is 35.3 Å². The Hall–Kier alpha value is -2.78. The number of rotatable bonds is 8. The van der Waals surface area contributed by atoms with Crippen molar-refractivity contribution < 1.29 is 22.7 Å². The largest absolute Gasteiger partial charge is 0.495 e. The zero-order chi connectivity index (χ0) is 23.3. The third kappa shape index (κ3) is 6.11. The van der Waals surface area contributed by atoms with Gasteiger partial charge in [0.1, 0.15) is 11.8 Å². The van der Waals surface area contributed by atoms with Crippen molar-refractivity contribution in [2.24, 2.45) is 0 Å². The number of carbonyl (C=O) groups is 2. The highest BCUT2D eigenvalue weighted by Crippen LogP contribution is 2.31. The van der Waals surface area contributed by atoms with Crippen molar-refractivity contribution in [2.45, 2.75) is 32.9 Å². The SMILES string of the molecule is COc1ccc(N([C@@H](C)C(=O)Nc2ccccc2C(=O)NC(C)C)S(C)(=O)=O)cc1Cl. The second-order valence-corrected chi connectivity index (χ2v) is 9.48. The van der Waals surface area contributed by atoms with Gasteiger partial charge in [-0.3, -0.25) is 13.9 Å². The monoisotopic (exact) mass is 467 g/mol. The first-order chi connectivity index (χ1) is 14.5. The van der Waals surface area contributed by atoms with Gasteiger partial charge in [0, 0.05) is 6.04 Å². The van der Waals surface area contributed by atoms with Gasteiger partial charge in [0.2, 0.25) is 15.9 Å². The molecule has 1 atom stereocenters. The summed E-state index contributed by atoms with van der Waals surface area (Å²) < 4.78 is 31.1. The number of amides is 2. The van der Waals surface area contributed by atoms with Crippen LogP contribution in [0.2, 0.25) is 5.02 Å². The number of hydrogen-bond acceptors (Lipinski definition) is 5. The van der Waals surface area contributed by atoms with E-state index < -0.39 is 22.0 Å². The van der Waals surface area contributed by atoms with Crippen LogP contribution in [-0.2, 0) is 14.8 Å². The maximum absolute atomic E-state index is 13.0. The number of nitrogens with one attached hydrogen (secondary N) is 2. The second kappa shape index (κ2) is 10.0. The van der Waals surface area contributed by atoms with Crippen LogP contribution in [0.15, 0.2) is 42.5 Å². The molecule has 0 fully saturated rings. The van der Waals surface area contributed by atoms with Crippen LogP contribution in [0.25, 0.3) is 0 Å². The molecule has 2 amide bonds. The molecule has 0 saturated carbocycles. The molecule has 0 radical (unpaired) electrons. The average molecular weight is 468 g/mol. The molecule has 0 aromatic heterocycles. The maximum Gasteiger partial charge on any atom is 0.253 e. The van der Waals surface area contributed by atoms with E-state index in [0.29, 0.717) is 5.75 Å². The first kappa shape index (κ1) is 24.5. The molecule has 0 heterocycles. The molecule has 31 heavy (non-hydrogen) atoms. The summed E-state index contributed by atoms with van der Waals surface area (Å²) in [4.78, 5) is 25.4. The van der Waals surface area contributed by atoms with E-state index >= 15 is 0 Å². The number of anilines is 2. The number of hydrogen-bond donors (Lipinski definition) is 2. The number of nitrogens with zero attached hydrogens (tertiary/aromatic N) is 1. The van der Waals surface area contributed by atoms with Crippen LogP contribution >= 0.6 is 11.6 Å². The number of methoxy groups -OCH3 is 1. The van der Waals surface area contributed by atoms with E-state index in [2.05, 4.69) is 10.6 Å². The van der Waals surface area contributed by atoms with Crippen LogP contribution in [0.1, 0.15) is 31.1 Å². The Labute approximate surface area is 187 Å². The van der Waals surface area contributed by atoms with Gasteiger partial charge < -0.3 is 15.4 Å². The molecule has 0 saturated heterocycles. The first-order valence-electron chi connectivity index (χ1n) is 9.49. The predicted molar refractivity (Wildman–Crippen MR) is 122 cm³/mol. The lowest BCUT2D eigenvalue weighted by molar-refractivity contribution is -0.116. The minimum absolute atomic E-state index is 0.0873. The Morgan fingerprint density at radius 1 is 1.10 bits per heavy atom. The van der Waals surface area contributed by atoms with Crippen LogP contribution in [0.4, 0.5) is 11.4 Å². The van der Waals surface area contributed by atoms with Gasteiger partial charge in [-0.15, -0.1) is 0 Å². The highest BCUT2D eigenvalue weighted by atomic mass is 35.5. The van der Waals surface area contributed by atoms with Crippen molar-refractivity contribution in [3.05, 3.63) is 53.1 Å². The highest BCUT2D eigenvalue weighted by molar-refractivity contribution is 7.92. The Bertz CT molecular complexity index is 1070. The summed E-state index contributed by atoms with van der Waals surface area (Å²) >= 11 is 6.14. The highest BCUT2D eigenvalue weighted by Gasteiger charge is 2.30. The van der Waals surface area contributed by atoms with Gasteiger partial charge in [-0.1, -0.05) is 23.7 Å². The van der Waals surface area contributed by atoms with E-state index in [4.69, 9.17) is 16.3 Å². The molecular weight excluding hydrogens is 442 g/mol. The van der Waals surface area contributed by atoms with E-state index in [1.807, 2.05) is 13.8 Å². The summed E-state index contributed by atoms with van der Waals surface area (Å²) in [5.41, 5.74) is 0.760. The predicted octanol–water partition coefficient (Wildman–Crippen LogP) is 3.28. The summed E-state index contributed by atoms with van der Waals surface area (Å²) in [5, 5.41) is 5.63. The van der Waals surface area contributed by atoms with Crippen molar-refractivity contribution in [3.63, 3.8) is 0 Å². The smallest absolute Gasteiger partial charge is 0.253 e. The zero-order valence-corrected chi connectivity index (χ0v) is 19.5. The number of ether oxygens (including phenoxy) is 1. The van der Waals surface area contributed by atoms with Crippen LogP contribution in [0.5, 0.6) is 5.75 Å². The first-order valence-corrected chi connectivity index (χ1v) is 11.7. The lowest BCUT2D eigenvalue weighted by atomic mass is 10.1. The molecular formula is C21H26ClN3O5S. The van der Waals surface area contributed by atoms with Crippen LogP contribution in [0, 0.1) is 0 Å². The lowest BCUT2D eigenvalue weighted by Gasteiger charge is -2.28. The molecule has 2 aromatic rings. The van der Waals surface area contributed by atoms with Crippen molar-refractivity contribution in [3.8, 4) is 5.75 Å². The molecule has 10 heteroatoms. The van der Waals surface area contributed by atoms with Gasteiger partial charge >= 0.3 is 0 Å². The van der Waals surface area contributed by atoms with Crippen molar-refractivity contribution >= 4 is 44.8 Å². The number of carbonyl (C=O) groups excluding carboxylic acids is 2. The molecule has 0 aliphatic heterocycles. The molecule has 2 rings (SSSR count). The third-order valence-corrected chi connectivity index (χ3v) is 5.86. The molecule has 0 unspecified atom stereocenters. The van der Waals surface area contributed by atoms with Gasteiger partial charge in [-0.25, -0.2) is 8.42 Å². The summed E-state index contributed by atoms with van der Waals surface area (Å²) in [6.45, 7) is 5.10. The summed E-state index contributed by atoms with van der Waals surface area (Å²) in [6, 6.07) is 9.72. The lowest BCUT2D eigenvalue weighted by Crippen LogP contribution is -2.45. The van der Waals surface area contributed by atoms with E-state index in [1.54, 1.807) is 24.3 Å². The summed E-state index contributed by atoms with van der Waals surface area (Å²) in [7, 11) is -2.40. The molecule has 2 N–H and O–H groups in total. The van der Waals surface area contributed by atoms with E-state index in [9.17, 15) is 18.0 Å². The molecule has 0 aliphatic rings. The molecule has 0 spiro atoms. The average Bonchev–Trinajstić information content (AvgIpc) is 2.67. The Kier molecular flexibility index (Phi) is 7.91. The number of halogens is 1. The maximum atomic E-state index is 13.0. The second-order valence-electron chi connectivity index (χ2n) is 7.22. The molecule has 2 aromatic carbocycles. The van der Waals surface area contributed by atoms with Gasteiger partial charge in [-0.2, -0.15) is 0 Å². The van der Waals surface area contributed by atoms with Crippen molar-refractivity contribution in [1.29, 1.82) is 0 Å². The van der Waals surface area contributed by atoms with Crippen molar-refractivity contribution in [2.75, 3.05) is 23.0 Å². The van der Waals surface area contributed by atoms with Crippen molar-refractivity contribution in [1.82, 2.24) is 5.32 Å². The van der Waals surface area contributed by atoms with Crippen LogP contribution < -0.4 is 19.7 Å². The molecule has 8 nitrogen and oxygen atoms in total. The third-order valence-electron chi connectivity index (χ3n) is 4.33. The minimum Gasteiger partial charge on any atom is -0.495 e. The molecule has 0 aliphatic carbocycles. The zero-order valence-electron chi connectivity index (χ0n) is 18.0. The van der Waals surface area contributed by atoms with Gasteiger partial charge in [0.25, 0.3) is 5.91 Å². The Balaban J connectivity index is 2.36.